The minimum atomic E-state index is 0.951. The van der Waals surface area contributed by atoms with Gasteiger partial charge in [-0.2, -0.15) is 0 Å². The van der Waals surface area contributed by atoms with Crippen molar-refractivity contribution in [3.05, 3.63) is 22.6 Å². The molecule has 1 heterocycles. The first kappa shape index (κ1) is 6.36. The predicted molar refractivity (Wildman–Crippen MR) is 49.5 cm³/mol. The maximum atomic E-state index is 2.42. The molecular formula is C10H12S. The highest BCUT2D eigenvalue weighted by atomic mass is 32.2. The van der Waals surface area contributed by atoms with Gasteiger partial charge in [0, 0.05) is 4.91 Å². The summed E-state index contributed by atoms with van der Waals surface area (Å²) in [7, 11) is 0. The SMILES string of the molecule is C1=CC2CC2C2=C1SCCC2. The summed E-state index contributed by atoms with van der Waals surface area (Å²) >= 11 is 2.07. The number of thioether (sulfide) groups is 1. The summed E-state index contributed by atoms with van der Waals surface area (Å²) in [4.78, 5) is 1.62. The number of rotatable bonds is 0. The molecular weight excluding hydrogens is 152 g/mol. The van der Waals surface area contributed by atoms with Crippen molar-refractivity contribution in [2.24, 2.45) is 11.8 Å². The predicted octanol–water partition coefficient (Wildman–Crippen LogP) is 2.97. The lowest BCUT2D eigenvalue weighted by Crippen LogP contribution is -2.02. The first-order valence-corrected chi connectivity index (χ1v) is 5.48. The number of hydrogen-bond donors (Lipinski definition) is 0. The number of fused-ring (bicyclic) bond motifs is 2. The molecule has 1 fully saturated rings. The molecule has 0 N–H and O–H groups in total. The lowest BCUT2D eigenvalue weighted by molar-refractivity contribution is 0.783. The van der Waals surface area contributed by atoms with E-state index < -0.39 is 0 Å². The first-order chi connectivity index (χ1) is 5.45. The van der Waals surface area contributed by atoms with Gasteiger partial charge in [-0.05, 0) is 36.9 Å². The van der Waals surface area contributed by atoms with E-state index in [0.717, 1.165) is 11.8 Å². The van der Waals surface area contributed by atoms with Gasteiger partial charge in [-0.3, -0.25) is 0 Å². The molecule has 1 heteroatoms. The number of allylic oxidation sites excluding steroid dienone is 3. The van der Waals surface area contributed by atoms with Crippen molar-refractivity contribution in [3.8, 4) is 0 Å². The third-order valence-corrected chi connectivity index (χ3v) is 4.15. The second kappa shape index (κ2) is 2.16. The molecule has 1 aliphatic heterocycles. The van der Waals surface area contributed by atoms with Gasteiger partial charge in [-0.1, -0.05) is 17.7 Å². The van der Waals surface area contributed by atoms with Crippen LogP contribution in [-0.4, -0.2) is 5.75 Å². The summed E-state index contributed by atoms with van der Waals surface area (Å²) in [6.45, 7) is 0. The van der Waals surface area contributed by atoms with Crippen LogP contribution in [0.5, 0.6) is 0 Å². The molecule has 0 spiro atoms. The normalized spacial score (nSPS) is 40.0. The zero-order valence-electron chi connectivity index (χ0n) is 6.55. The molecule has 2 aliphatic carbocycles. The zero-order valence-corrected chi connectivity index (χ0v) is 7.36. The minimum absolute atomic E-state index is 0.951. The molecule has 0 saturated heterocycles. The molecule has 0 bridgehead atoms. The summed E-state index contributed by atoms with van der Waals surface area (Å²) < 4.78 is 0. The van der Waals surface area contributed by atoms with Crippen LogP contribution in [0.3, 0.4) is 0 Å². The van der Waals surface area contributed by atoms with E-state index in [1.165, 1.54) is 25.0 Å². The van der Waals surface area contributed by atoms with Gasteiger partial charge in [-0.25, -0.2) is 0 Å². The maximum absolute atomic E-state index is 2.42. The Bertz CT molecular complexity index is 250. The van der Waals surface area contributed by atoms with E-state index in [-0.39, 0.29) is 0 Å². The molecule has 0 aromatic carbocycles. The smallest absolute Gasteiger partial charge is 0.00639 e. The molecule has 0 radical (unpaired) electrons. The van der Waals surface area contributed by atoms with Crippen molar-refractivity contribution in [1.29, 1.82) is 0 Å². The molecule has 2 atom stereocenters. The van der Waals surface area contributed by atoms with Crippen molar-refractivity contribution >= 4 is 11.8 Å². The Morgan fingerprint density at radius 1 is 1.45 bits per heavy atom. The summed E-state index contributed by atoms with van der Waals surface area (Å²) in [6.07, 6.45) is 9.06. The van der Waals surface area contributed by atoms with E-state index >= 15 is 0 Å². The van der Waals surface area contributed by atoms with Gasteiger partial charge < -0.3 is 0 Å². The second-order valence-corrected chi connectivity index (χ2v) is 4.84. The molecule has 0 aromatic heterocycles. The molecule has 58 valence electrons. The van der Waals surface area contributed by atoms with E-state index in [1.54, 1.807) is 10.5 Å². The molecule has 3 rings (SSSR count). The highest BCUT2D eigenvalue weighted by molar-refractivity contribution is 8.03. The van der Waals surface area contributed by atoms with Crippen LogP contribution >= 0.6 is 11.8 Å². The Morgan fingerprint density at radius 2 is 2.45 bits per heavy atom. The summed E-state index contributed by atoms with van der Waals surface area (Å²) in [6, 6.07) is 0. The Balaban J connectivity index is 2.01. The molecule has 0 amide bonds. The molecule has 0 nitrogen and oxygen atoms in total. The van der Waals surface area contributed by atoms with E-state index in [2.05, 4.69) is 23.9 Å². The van der Waals surface area contributed by atoms with Crippen molar-refractivity contribution < 1.29 is 0 Å². The van der Waals surface area contributed by atoms with Gasteiger partial charge in [0.15, 0.2) is 0 Å². The van der Waals surface area contributed by atoms with Crippen molar-refractivity contribution in [1.82, 2.24) is 0 Å². The lowest BCUT2D eigenvalue weighted by Gasteiger charge is -2.19. The third-order valence-electron chi connectivity index (χ3n) is 2.95. The van der Waals surface area contributed by atoms with Crippen molar-refractivity contribution in [2.75, 3.05) is 5.75 Å². The lowest BCUT2D eigenvalue weighted by atomic mass is 10.00. The van der Waals surface area contributed by atoms with Crippen LogP contribution in [-0.2, 0) is 0 Å². The van der Waals surface area contributed by atoms with Crippen LogP contribution in [0.1, 0.15) is 19.3 Å². The first-order valence-electron chi connectivity index (χ1n) is 4.49. The van der Waals surface area contributed by atoms with Gasteiger partial charge in [-0.15, -0.1) is 11.8 Å². The van der Waals surface area contributed by atoms with Crippen LogP contribution in [0.4, 0.5) is 0 Å². The topological polar surface area (TPSA) is 0 Å². The fourth-order valence-electron chi connectivity index (χ4n) is 2.22. The van der Waals surface area contributed by atoms with E-state index in [0.29, 0.717) is 0 Å². The van der Waals surface area contributed by atoms with Gasteiger partial charge in [0.25, 0.3) is 0 Å². The molecule has 3 aliphatic rings. The van der Waals surface area contributed by atoms with E-state index in [9.17, 15) is 0 Å². The van der Waals surface area contributed by atoms with Crippen LogP contribution < -0.4 is 0 Å². The molecule has 1 saturated carbocycles. The number of hydrogen-bond acceptors (Lipinski definition) is 1. The molecule has 11 heavy (non-hydrogen) atoms. The van der Waals surface area contributed by atoms with E-state index in [1.807, 2.05) is 0 Å². The van der Waals surface area contributed by atoms with E-state index in [4.69, 9.17) is 0 Å². The highest BCUT2D eigenvalue weighted by Gasteiger charge is 2.41. The summed E-state index contributed by atoms with van der Waals surface area (Å²) in [5.74, 6) is 3.29. The fraction of sp³-hybridized carbons (Fsp3) is 0.600. The van der Waals surface area contributed by atoms with Crippen LogP contribution in [0.2, 0.25) is 0 Å². The quantitative estimate of drug-likeness (QED) is 0.530. The van der Waals surface area contributed by atoms with Gasteiger partial charge >= 0.3 is 0 Å². The van der Waals surface area contributed by atoms with Crippen molar-refractivity contribution in [3.63, 3.8) is 0 Å². The monoisotopic (exact) mass is 164 g/mol. The summed E-state index contributed by atoms with van der Waals surface area (Å²) in [5.41, 5.74) is 1.80. The Kier molecular flexibility index (Phi) is 1.25. The van der Waals surface area contributed by atoms with Gasteiger partial charge in [0.05, 0.1) is 0 Å². The van der Waals surface area contributed by atoms with Crippen molar-refractivity contribution in [2.45, 2.75) is 19.3 Å². The van der Waals surface area contributed by atoms with Crippen LogP contribution in [0, 0.1) is 11.8 Å². The Hall–Kier alpha value is -0.170. The molecule has 2 unspecified atom stereocenters. The maximum Gasteiger partial charge on any atom is 0.00639 e. The third kappa shape index (κ3) is 0.903. The Labute approximate surface area is 71.8 Å². The summed E-state index contributed by atoms with van der Waals surface area (Å²) in [5, 5.41) is 0. The zero-order chi connectivity index (χ0) is 7.26. The van der Waals surface area contributed by atoms with Gasteiger partial charge in [0.1, 0.15) is 0 Å². The highest BCUT2D eigenvalue weighted by Crippen LogP contribution is 2.53. The standard InChI is InChI=1S/C10H12S/c1-2-8-9-6-7(9)3-4-10(8)11-5-1/h3-4,7,9H,1-2,5-6H2. The fourth-order valence-corrected chi connectivity index (χ4v) is 3.35. The molecule has 0 aromatic rings. The Morgan fingerprint density at radius 3 is 3.45 bits per heavy atom. The van der Waals surface area contributed by atoms with Crippen LogP contribution in [0.25, 0.3) is 0 Å². The largest absolute Gasteiger partial charge is 0.126 e. The second-order valence-electron chi connectivity index (χ2n) is 3.71. The van der Waals surface area contributed by atoms with Gasteiger partial charge in [0.2, 0.25) is 0 Å². The average Bonchev–Trinajstić information content (AvgIpc) is 2.83. The van der Waals surface area contributed by atoms with Crippen LogP contribution in [0.15, 0.2) is 22.6 Å². The average molecular weight is 164 g/mol. The minimum Gasteiger partial charge on any atom is -0.126 e.